The van der Waals surface area contributed by atoms with Crippen molar-refractivity contribution in [1.82, 2.24) is 14.8 Å². The molecule has 0 saturated carbocycles. The van der Waals surface area contributed by atoms with Crippen LogP contribution in [0.15, 0.2) is 42.5 Å². The zero-order chi connectivity index (χ0) is 18.3. The van der Waals surface area contributed by atoms with E-state index in [0.29, 0.717) is 16.0 Å². The number of ether oxygens (including phenoxy) is 1. The van der Waals surface area contributed by atoms with Crippen molar-refractivity contribution in [2.24, 2.45) is 0 Å². The molecule has 0 aliphatic carbocycles. The Balaban J connectivity index is 1.75. The highest BCUT2D eigenvalue weighted by molar-refractivity contribution is 6.35. The molecule has 4 rings (SSSR count). The summed E-state index contributed by atoms with van der Waals surface area (Å²) < 4.78 is 7.07. The zero-order valence-electron chi connectivity index (χ0n) is 14.0. The number of rotatable bonds is 3. The number of halogens is 2. The smallest absolute Gasteiger partial charge is 0.241 e. The Morgan fingerprint density at radius 2 is 1.96 bits per heavy atom. The Kier molecular flexibility index (Phi) is 4.38. The van der Waals surface area contributed by atoms with Gasteiger partial charge in [-0.15, -0.1) is 5.10 Å². The minimum absolute atomic E-state index is 0.0290. The largest absolute Gasteiger partial charge is 0.497 e. The molecule has 8 heteroatoms. The van der Waals surface area contributed by atoms with Crippen LogP contribution in [0.5, 0.6) is 5.75 Å². The number of hydrogen-bond acceptors (Lipinski definition) is 5. The molecule has 0 radical (unpaired) electrons. The molecule has 3 N–H and O–H groups in total. The Bertz CT molecular complexity index is 941. The standard InChI is InChI=1S/C18H17Cl2N5O/c1-26-12-5-2-10(3-6-12)16-9-15(13-7-4-11(19)8-14(13)20)22-18-23-17(21)24-25(16)18/h2-8,15-16H,9H2,1H3,(H3,21,22,23,24)/t15-,16-/m0/s1. The van der Waals surface area contributed by atoms with Gasteiger partial charge in [0, 0.05) is 10.0 Å². The van der Waals surface area contributed by atoms with Gasteiger partial charge in [-0.05, 0) is 41.8 Å². The highest BCUT2D eigenvalue weighted by Crippen LogP contribution is 2.40. The van der Waals surface area contributed by atoms with Gasteiger partial charge < -0.3 is 15.8 Å². The molecule has 134 valence electrons. The molecular formula is C18H17Cl2N5O. The summed E-state index contributed by atoms with van der Waals surface area (Å²) in [4.78, 5) is 4.31. The second-order valence-electron chi connectivity index (χ2n) is 6.13. The van der Waals surface area contributed by atoms with Crippen LogP contribution in [0.1, 0.15) is 29.6 Å². The Morgan fingerprint density at radius 1 is 1.19 bits per heavy atom. The minimum atomic E-state index is -0.0389. The molecule has 0 fully saturated rings. The minimum Gasteiger partial charge on any atom is -0.497 e. The van der Waals surface area contributed by atoms with Crippen LogP contribution in [0.3, 0.4) is 0 Å². The Morgan fingerprint density at radius 3 is 2.65 bits per heavy atom. The average Bonchev–Trinajstić information content (AvgIpc) is 3.01. The third-order valence-corrected chi connectivity index (χ3v) is 5.11. The van der Waals surface area contributed by atoms with Crippen molar-refractivity contribution in [3.8, 4) is 5.75 Å². The van der Waals surface area contributed by atoms with Crippen LogP contribution in [0.2, 0.25) is 10.0 Å². The van der Waals surface area contributed by atoms with Gasteiger partial charge in [0.2, 0.25) is 11.9 Å². The summed E-state index contributed by atoms with van der Waals surface area (Å²) in [7, 11) is 1.65. The van der Waals surface area contributed by atoms with E-state index in [1.54, 1.807) is 13.2 Å². The zero-order valence-corrected chi connectivity index (χ0v) is 15.5. The second kappa shape index (κ2) is 6.70. The molecule has 0 amide bonds. The normalized spacial score (nSPS) is 18.9. The predicted molar refractivity (Wildman–Crippen MR) is 103 cm³/mol. The summed E-state index contributed by atoms with van der Waals surface area (Å²) in [5.74, 6) is 1.65. The summed E-state index contributed by atoms with van der Waals surface area (Å²) in [6, 6.07) is 13.4. The van der Waals surface area contributed by atoms with Gasteiger partial charge in [0.15, 0.2) is 0 Å². The van der Waals surface area contributed by atoms with E-state index in [4.69, 9.17) is 33.7 Å². The van der Waals surface area contributed by atoms with Crippen molar-refractivity contribution >= 4 is 35.1 Å². The maximum absolute atomic E-state index is 6.42. The predicted octanol–water partition coefficient (Wildman–Crippen LogP) is 4.32. The first-order valence-corrected chi connectivity index (χ1v) is 8.88. The average molecular weight is 390 g/mol. The molecule has 0 unspecified atom stereocenters. The molecule has 3 aromatic rings. The van der Waals surface area contributed by atoms with Crippen molar-refractivity contribution in [3.05, 3.63) is 63.6 Å². The molecule has 1 aliphatic rings. The summed E-state index contributed by atoms with van der Waals surface area (Å²) in [5, 5.41) is 8.95. The van der Waals surface area contributed by atoms with E-state index >= 15 is 0 Å². The fourth-order valence-electron chi connectivity index (χ4n) is 3.29. The maximum Gasteiger partial charge on any atom is 0.241 e. The molecule has 1 aliphatic heterocycles. The van der Waals surface area contributed by atoms with Crippen molar-refractivity contribution in [2.75, 3.05) is 18.2 Å². The molecule has 2 heterocycles. The van der Waals surface area contributed by atoms with Gasteiger partial charge in [-0.3, -0.25) is 0 Å². The Hall–Kier alpha value is -2.44. The van der Waals surface area contributed by atoms with Crippen molar-refractivity contribution < 1.29 is 4.74 Å². The van der Waals surface area contributed by atoms with E-state index in [2.05, 4.69) is 15.4 Å². The van der Waals surface area contributed by atoms with Crippen LogP contribution in [-0.4, -0.2) is 21.9 Å². The number of methoxy groups -OCH3 is 1. The van der Waals surface area contributed by atoms with Gasteiger partial charge in [0.1, 0.15) is 5.75 Å². The van der Waals surface area contributed by atoms with Gasteiger partial charge >= 0.3 is 0 Å². The lowest BCUT2D eigenvalue weighted by molar-refractivity contribution is 0.411. The third kappa shape index (κ3) is 3.06. The molecular weight excluding hydrogens is 373 g/mol. The number of anilines is 2. The van der Waals surface area contributed by atoms with Crippen LogP contribution in [0.25, 0.3) is 0 Å². The fraction of sp³-hybridized carbons (Fsp3) is 0.222. The summed E-state index contributed by atoms with van der Waals surface area (Å²) in [6.45, 7) is 0. The summed E-state index contributed by atoms with van der Waals surface area (Å²) in [6.07, 6.45) is 0.740. The van der Waals surface area contributed by atoms with Crippen LogP contribution in [-0.2, 0) is 0 Å². The van der Waals surface area contributed by atoms with Crippen molar-refractivity contribution in [1.29, 1.82) is 0 Å². The first kappa shape index (κ1) is 17.0. The quantitative estimate of drug-likeness (QED) is 0.697. The maximum atomic E-state index is 6.42. The topological polar surface area (TPSA) is 78.0 Å². The van der Waals surface area contributed by atoms with E-state index in [-0.39, 0.29) is 18.0 Å². The number of nitrogen functional groups attached to an aromatic ring is 1. The highest BCUT2D eigenvalue weighted by Gasteiger charge is 2.31. The number of hydrogen-bond donors (Lipinski definition) is 2. The second-order valence-corrected chi connectivity index (χ2v) is 6.97. The first-order valence-electron chi connectivity index (χ1n) is 8.12. The monoisotopic (exact) mass is 389 g/mol. The lowest BCUT2D eigenvalue weighted by atomic mass is 9.93. The summed E-state index contributed by atoms with van der Waals surface area (Å²) in [5.41, 5.74) is 7.88. The van der Waals surface area contributed by atoms with Crippen LogP contribution in [0.4, 0.5) is 11.9 Å². The van der Waals surface area contributed by atoms with E-state index in [1.807, 2.05) is 41.1 Å². The molecule has 6 nitrogen and oxygen atoms in total. The molecule has 0 spiro atoms. The van der Waals surface area contributed by atoms with Crippen LogP contribution >= 0.6 is 23.2 Å². The van der Waals surface area contributed by atoms with Gasteiger partial charge in [-0.2, -0.15) is 4.98 Å². The number of aromatic nitrogens is 3. The number of benzene rings is 2. The van der Waals surface area contributed by atoms with Crippen LogP contribution in [0, 0.1) is 0 Å². The van der Waals surface area contributed by atoms with Gasteiger partial charge in [-0.25, -0.2) is 4.68 Å². The molecule has 26 heavy (non-hydrogen) atoms. The van der Waals surface area contributed by atoms with Gasteiger partial charge in [0.25, 0.3) is 0 Å². The summed E-state index contributed by atoms with van der Waals surface area (Å²) >= 11 is 12.5. The lowest BCUT2D eigenvalue weighted by Gasteiger charge is -2.32. The third-order valence-electron chi connectivity index (χ3n) is 4.54. The number of nitrogens with two attached hydrogens (primary N) is 1. The van der Waals surface area contributed by atoms with Crippen molar-refractivity contribution in [2.45, 2.75) is 18.5 Å². The van der Waals surface area contributed by atoms with Crippen LogP contribution < -0.4 is 15.8 Å². The molecule has 0 saturated heterocycles. The first-order chi connectivity index (χ1) is 12.5. The molecule has 2 aromatic carbocycles. The van der Waals surface area contributed by atoms with E-state index < -0.39 is 0 Å². The lowest BCUT2D eigenvalue weighted by Crippen LogP contribution is -2.28. The highest BCUT2D eigenvalue weighted by atomic mass is 35.5. The number of nitrogens with one attached hydrogen (secondary N) is 1. The number of nitrogens with zero attached hydrogens (tertiary/aromatic N) is 3. The van der Waals surface area contributed by atoms with E-state index in [0.717, 1.165) is 23.3 Å². The fourth-order valence-corrected chi connectivity index (χ4v) is 3.83. The SMILES string of the molecule is COc1ccc([C@@H]2C[C@@H](c3ccc(Cl)cc3Cl)Nc3nc(N)nn32)cc1. The number of fused-ring (bicyclic) bond motifs is 1. The van der Waals surface area contributed by atoms with Crippen molar-refractivity contribution in [3.63, 3.8) is 0 Å². The van der Waals surface area contributed by atoms with E-state index in [1.165, 1.54) is 0 Å². The molecule has 2 atom stereocenters. The molecule has 0 bridgehead atoms. The van der Waals surface area contributed by atoms with Gasteiger partial charge in [0.05, 0.1) is 19.2 Å². The molecule has 1 aromatic heterocycles. The van der Waals surface area contributed by atoms with Gasteiger partial charge in [-0.1, -0.05) is 41.4 Å². The van der Waals surface area contributed by atoms with E-state index in [9.17, 15) is 0 Å². The Labute approximate surface area is 160 Å².